The molecule has 0 saturated carbocycles. The molecule has 0 radical (unpaired) electrons. The number of amides is 1. The molecule has 1 fully saturated rings. The molecule has 1 aliphatic rings. The number of benzene rings is 2. The quantitative estimate of drug-likeness (QED) is 0.262. The fourth-order valence-electron chi connectivity index (χ4n) is 5.84. The van der Waals surface area contributed by atoms with Crippen LogP contribution in [0, 0.1) is 11.6 Å². The lowest BCUT2D eigenvalue weighted by Gasteiger charge is -2.42. The monoisotopic (exact) mass is 697 g/mol. The van der Waals surface area contributed by atoms with Gasteiger partial charge in [0.25, 0.3) is 11.5 Å². The zero-order valence-electron chi connectivity index (χ0n) is 25.7. The SMILES string of the molecule is CN1CCN(c2cc(F)c(C(=O)N[C@@H](Cc3cccc4c(-c5c(C(F)(F)F)ccn(C)c5=O)nccc34)C(=O)O)c(F)c2)[C@@H](C(F)(F)F)C1. The van der Waals surface area contributed by atoms with Crippen molar-refractivity contribution in [1.29, 1.82) is 0 Å². The van der Waals surface area contributed by atoms with Crippen LogP contribution in [0.25, 0.3) is 22.0 Å². The lowest BCUT2D eigenvalue weighted by molar-refractivity contribution is -0.155. The Labute approximate surface area is 272 Å². The third-order valence-electron chi connectivity index (χ3n) is 8.28. The highest BCUT2D eigenvalue weighted by atomic mass is 19.4. The van der Waals surface area contributed by atoms with Gasteiger partial charge in [0, 0.05) is 56.6 Å². The first-order valence-electron chi connectivity index (χ1n) is 14.6. The molecule has 2 N–H and O–H groups in total. The van der Waals surface area contributed by atoms with Crippen molar-refractivity contribution >= 4 is 28.3 Å². The van der Waals surface area contributed by atoms with E-state index >= 15 is 8.78 Å². The number of carbonyl (C=O) groups excluding carboxylic acids is 1. The maximum atomic E-state index is 15.2. The molecule has 49 heavy (non-hydrogen) atoms. The number of nitrogens with one attached hydrogen (secondary N) is 1. The summed E-state index contributed by atoms with van der Waals surface area (Å²) >= 11 is 0. The molecule has 1 saturated heterocycles. The van der Waals surface area contributed by atoms with Gasteiger partial charge in [-0.2, -0.15) is 26.3 Å². The van der Waals surface area contributed by atoms with Crippen molar-refractivity contribution in [3.63, 3.8) is 0 Å². The molecule has 0 unspecified atom stereocenters. The Morgan fingerprint density at radius 1 is 1.00 bits per heavy atom. The van der Waals surface area contributed by atoms with E-state index in [-0.39, 0.29) is 35.1 Å². The van der Waals surface area contributed by atoms with Gasteiger partial charge in [-0.1, -0.05) is 18.2 Å². The fraction of sp³-hybridized carbons (Fsp3) is 0.312. The lowest BCUT2D eigenvalue weighted by Crippen LogP contribution is -2.58. The highest BCUT2D eigenvalue weighted by molar-refractivity contribution is 5.99. The molecule has 9 nitrogen and oxygen atoms in total. The molecule has 0 bridgehead atoms. The average molecular weight is 698 g/mol. The van der Waals surface area contributed by atoms with Crippen LogP contribution in [0.2, 0.25) is 0 Å². The van der Waals surface area contributed by atoms with Crippen LogP contribution in [0.5, 0.6) is 0 Å². The predicted octanol–water partition coefficient (Wildman–Crippen LogP) is 5.01. The van der Waals surface area contributed by atoms with Gasteiger partial charge in [-0.15, -0.1) is 0 Å². The Morgan fingerprint density at radius 2 is 1.67 bits per heavy atom. The molecule has 5 rings (SSSR count). The molecule has 3 heterocycles. The molecule has 1 amide bonds. The third-order valence-corrected chi connectivity index (χ3v) is 8.28. The zero-order valence-corrected chi connectivity index (χ0v) is 25.7. The number of hydrogen-bond donors (Lipinski definition) is 2. The maximum Gasteiger partial charge on any atom is 0.417 e. The number of aromatic nitrogens is 2. The largest absolute Gasteiger partial charge is 0.480 e. The summed E-state index contributed by atoms with van der Waals surface area (Å²) < 4.78 is 114. The number of pyridine rings is 2. The van der Waals surface area contributed by atoms with E-state index in [1.54, 1.807) is 0 Å². The highest BCUT2D eigenvalue weighted by Crippen LogP contribution is 2.37. The van der Waals surface area contributed by atoms with E-state index in [1.165, 1.54) is 43.3 Å². The summed E-state index contributed by atoms with van der Waals surface area (Å²) in [5.41, 5.74) is -4.83. The first-order valence-corrected chi connectivity index (χ1v) is 14.6. The summed E-state index contributed by atoms with van der Waals surface area (Å²) in [7, 11) is 2.72. The van der Waals surface area contributed by atoms with E-state index in [9.17, 15) is 45.8 Å². The summed E-state index contributed by atoms with van der Waals surface area (Å²) in [6.07, 6.45) is -8.11. The van der Waals surface area contributed by atoms with Gasteiger partial charge in [0.15, 0.2) is 0 Å². The first-order chi connectivity index (χ1) is 22.9. The van der Waals surface area contributed by atoms with E-state index in [4.69, 9.17) is 0 Å². The van der Waals surface area contributed by atoms with E-state index in [2.05, 4.69) is 4.98 Å². The van der Waals surface area contributed by atoms with Crippen LogP contribution in [0.1, 0.15) is 21.5 Å². The Kier molecular flexibility index (Phi) is 9.42. The minimum atomic E-state index is -4.92. The van der Waals surface area contributed by atoms with Crippen LogP contribution in [-0.2, 0) is 24.4 Å². The van der Waals surface area contributed by atoms with Crippen LogP contribution in [-0.4, -0.2) is 76.4 Å². The molecular weight excluding hydrogens is 670 g/mol. The number of hydrogen-bond acceptors (Lipinski definition) is 6. The van der Waals surface area contributed by atoms with Gasteiger partial charge >= 0.3 is 18.3 Å². The second-order valence-electron chi connectivity index (χ2n) is 11.6. The van der Waals surface area contributed by atoms with Crippen LogP contribution in [0.4, 0.5) is 40.8 Å². The summed E-state index contributed by atoms with van der Waals surface area (Å²) in [4.78, 5) is 44.4. The van der Waals surface area contributed by atoms with Crippen LogP contribution < -0.4 is 15.8 Å². The zero-order chi connectivity index (χ0) is 36.0. The molecule has 17 heteroatoms. The fourth-order valence-corrected chi connectivity index (χ4v) is 5.84. The number of carboxylic acid groups (broad SMARTS) is 1. The smallest absolute Gasteiger partial charge is 0.417 e. The molecule has 4 aromatic rings. The lowest BCUT2D eigenvalue weighted by atomic mass is 9.95. The van der Waals surface area contributed by atoms with Crippen molar-refractivity contribution in [3.05, 3.63) is 93.5 Å². The van der Waals surface area contributed by atoms with Crippen molar-refractivity contribution in [2.45, 2.75) is 30.9 Å². The predicted molar refractivity (Wildman–Crippen MR) is 161 cm³/mol. The molecule has 1 aliphatic heterocycles. The maximum absolute atomic E-state index is 15.2. The number of likely N-dealkylation sites (N-methyl/N-ethyl adjacent to an activating group) is 1. The average Bonchev–Trinajstić information content (AvgIpc) is 3.00. The van der Waals surface area contributed by atoms with Crippen LogP contribution >= 0.6 is 0 Å². The number of piperazine rings is 1. The minimum Gasteiger partial charge on any atom is -0.480 e. The Balaban J connectivity index is 1.47. The number of halogens is 8. The molecule has 260 valence electrons. The van der Waals surface area contributed by atoms with Gasteiger partial charge in [-0.05, 0) is 42.3 Å². The molecule has 0 aliphatic carbocycles. The number of aliphatic carboxylic acids is 1. The Morgan fingerprint density at radius 3 is 2.29 bits per heavy atom. The van der Waals surface area contributed by atoms with Gasteiger partial charge < -0.3 is 24.8 Å². The number of carbonyl (C=O) groups is 2. The highest BCUT2D eigenvalue weighted by Gasteiger charge is 2.46. The molecule has 0 spiro atoms. The number of alkyl halides is 6. The first kappa shape index (κ1) is 35.3. The van der Waals surface area contributed by atoms with Gasteiger partial charge in [-0.3, -0.25) is 14.6 Å². The van der Waals surface area contributed by atoms with Crippen molar-refractivity contribution in [2.75, 3.05) is 31.6 Å². The Bertz CT molecular complexity index is 1970. The topological polar surface area (TPSA) is 108 Å². The van der Waals surface area contributed by atoms with Crippen LogP contribution in [0.3, 0.4) is 0 Å². The van der Waals surface area contributed by atoms with Gasteiger partial charge in [0.2, 0.25) is 0 Å². The van der Waals surface area contributed by atoms with E-state index in [0.717, 1.165) is 27.9 Å². The second kappa shape index (κ2) is 13.1. The number of rotatable bonds is 7. The molecule has 2 aromatic heterocycles. The number of fused-ring (bicyclic) bond motifs is 1. The molecule has 2 atom stereocenters. The van der Waals surface area contributed by atoms with Gasteiger partial charge in [-0.25, -0.2) is 13.6 Å². The van der Waals surface area contributed by atoms with Crippen molar-refractivity contribution in [1.82, 2.24) is 19.8 Å². The Hall–Kier alpha value is -5.06. The minimum absolute atomic E-state index is 0.0537. The summed E-state index contributed by atoms with van der Waals surface area (Å²) in [6.45, 7) is -0.521. The second-order valence-corrected chi connectivity index (χ2v) is 11.6. The van der Waals surface area contributed by atoms with E-state index in [1.807, 2.05) is 5.32 Å². The summed E-state index contributed by atoms with van der Waals surface area (Å²) in [5, 5.41) is 12.2. The van der Waals surface area contributed by atoms with Gasteiger partial charge in [0.05, 0.1) is 16.8 Å². The normalized spacial score (nSPS) is 16.5. The van der Waals surface area contributed by atoms with E-state index < -0.39 is 88.8 Å². The summed E-state index contributed by atoms with van der Waals surface area (Å²) in [5.74, 6) is -6.20. The van der Waals surface area contributed by atoms with Crippen molar-refractivity contribution in [3.8, 4) is 11.3 Å². The number of aryl methyl sites for hydroxylation is 1. The molecular formula is C32H27F8N5O4. The standard InChI is InChI=1S/C32H27F8N5O4/c1-43-10-11-45(24(15-43)32(38,39)40)17-13-21(33)26(22(34)14-17)28(46)42-23(30(48)49)12-16-4-3-5-19-18(16)6-8-41-27(19)25-20(31(35,36)37)7-9-44(2)29(25)47/h3-9,13-14,23-24H,10-12,15H2,1-2H3,(H,42,46)(H,48,49)/t23-,24+/m0/s1. The number of carboxylic acids is 1. The summed E-state index contributed by atoms with van der Waals surface area (Å²) in [6, 6.07) is 3.46. The number of anilines is 1. The van der Waals surface area contributed by atoms with Crippen molar-refractivity contribution in [2.24, 2.45) is 7.05 Å². The van der Waals surface area contributed by atoms with Crippen LogP contribution in [0.15, 0.2) is 59.7 Å². The van der Waals surface area contributed by atoms with Gasteiger partial charge in [0.1, 0.15) is 29.3 Å². The molecule has 2 aromatic carbocycles. The van der Waals surface area contributed by atoms with E-state index in [0.29, 0.717) is 12.1 Å². The third kappa shape index (κ3) is 7.06. The van der Waals surface area contributed by atoms with Crippen molar-refractivity contribution < 1.29 is 49.8 Å². The number of nitrogens with zero attached hydrogens (tertiary/aromatic N) is 4.